The normalized spacial score (nSPS) is 19.6. The number of nitrogens with two attached hydrogens (primary N) is 1. The fourth-order valence-electron chi connectivity index (χ4n) is 1.67. The number of nitrogens with one attached hydrogen (secondary N) is 1. The van der Waals surface area contributed by atoms with Crippen molar-refractivity contribution in [2.45, 2.75) is 32.4 Å². The van der Waals surface area contributed by atoms with Crippen molar-refractivity contribution in [3.63, 3.8) is 0 Å². The van der Waals surface area contributed by atoms with Crippen LogP contribution >= 0.6 is 0 Å². The van der Waals surface area contributed by atoms with Crippen LogP contribution < -0.4 is 11.1 Å². The molecule has 0 amide bonds. The van der Waals surface area contributed by atoms with Gasteiger partial charge in [-0.1, -0.05) is 18.6 Å². The molecular formula is C11H18F3N3. The quantitative estimate of drug-likeness (QED) is 0.456. The van der Waals surface area contributed by atoms with E-state index in [1.165, 1.54) is 0 Å². The number of alkyl halides is 3. The Morgan fingerprint density at radius 1 is 1.47 bits per heavy atom. The summed E-state index contributed by atoms with van der Waals surface area (Å²) in [5, 5.41) is 2.72. The van der Waals surface area contributed by atoms with E-state index in [4.69, 9.17) is 5.73 Å². The SMILES string of the molecule is C=C(C)CNC(N)=NCC1(C(F)(F)F)CCC1. The Morgan fingerprint density at radius 2 is 2.06 bits per heavy atom. The first-order valence-electron chi connectivity index (χ1n) is 5.52. The molecule has 1 fully saturated rings. The molecule has 0 spiro atoms. The number of aliphatic imine (C=N–C) groups is 1. The van der Waals surface area contributed by atoms with Gasteiger partial charge in [-0.3, -0.25) is 4.99 Å². The number of halogens is 3. The molecule has 1 saturated carbocycles. The van der Waals surface area contributed by atoms with Gasteiger partial charge < -0.3 is 11.1 Å². The van der Waals surface area contributed by atoms with Crippen LogP contribution in [0.15, 0.2) is 17.1 Å². The van der Waals surface area contributed by atoms with Crippen molar-refractivity contribution in [3.8, 4) is 0 Å². The second-order valence-corrected chi connectivity index (χ2v) is 4.64. The molecule has 98 valence electrons. The summed E-state index contributed by atoms with van der Waals surface area (Å²) in [4.78, 5) is 3.78. The molecule has 1 aliphatic carbocycles. The van der Waals surface area contributed by atoms with Crippen molar-refractivity contribution >= 4 is 5.96 Å². The Balaban J connectivity index is 2.53. The van der Waals surface area contributed by atoms with Crippen LogP contribution in [-0.4, -0.2) is 25.2 Å². The lowest BCUT2D eigenvalue weighted by Crippen LogP contribution is -2.47. The van der Waals surface area contributed by atoms with Crippen molar-refractivity contribution in [3.05, 3.63) is 12.2 Å². The fraction of sp³-hybridized carbons (Fsp3) is 0.727. The fourth-order valence-corrected chi connectivity index (χ4v) is 1.67. The van der Waals surface area contributed by atoms with Gasteiger partial charge in [-0.2, -0.15) is 13.2 Å². The molecule has 17 heavy (non-hydrogen) atoms. The maximum absolute atomic E-state index is 12.8. The van der Waals surface area contributed by atoms with E-state index in [0.29, 0.717) is 13.0 Å². The molecule has 0 aromatic heterocycles. The average molecular weight is 249 g/mol. The van der Waals surface area contributed by atoms with Gasteiger partial charge in [-0.25, -0.2) is 0 Å². The van der Waals surface area contributed by atoms with E-state index in [9.17, 15) is 13.2 Å². The van der Waals surface area contributed by atoms with Crippen molar-refractivity contribution in [2.24, 2.45) is 16.1 Å². The predicted octanol–water partition coefficient (Wildman–Crippen LogP) is 2.20. The third-order valence-corrected chi connectivity index (χ3v) is 3.04. The molecule has 1 rings (SSSR count). The molecule has 0 bridgehead atoms. The smallest absolute Gasteiger partial charge is 0.370 e. The lowest BCUT2D eigenvalue weighted by molar-refractivity contribution is -0.245. The maximum Gasteiger partial charge on any atom is 0.396 e. The summed E-state index contributed by atoms with van der Waals surface area (Å²) >= 11 is 0. The Hall–Kier alpha value is -1.20. The van der Waals surface area contributed by atoms with Crippen LogP contribution in [0, 0.1) is 5.41 Å². The van der Waals surface area contributed by atoms with Crippen molar-refractivity contribution in [1.82, 2.24) is 5.32 Å². The van der Waals surface area contributed by atoms with Crippen LogP contribution in [0.2, 0.25) is 0 Å². The van der Waals surface area contributed by atoms with E-state index in [1.54, 1.807) is 6.92 Å². The van der Waals surface area contributed by atoms with Crippen molar-refractivity contribution in [1.29, 1.82) is 0 Å². The Morgan fingerprint density at radius 3 is 2.41 bits per heavy atom. The number of nitrogens with zero attached hydrogens (tertiary/aromatic N) is 1. The van der Waals surface area contributed by atoms with Crippen LogP contribution in [0.25, 0.3) is 0 Å². The molecule has 0 aliphatic heterocycles. The highest BCUT2D eigenvalue weighted by Crippen LogP contribution is 2.53. The van der Waals surface area contributed by atoms with Crippen molar-refractivity contribution < 1.29 is 13.2 Å². The van der Waals surface area contributed by atoms with Gasteiger partial charge in [0.1, 0.15) is 0 Å². The summed E-state index contributed by atoms with van der Waals surface area (Å²) < 4.78 is 38.3. The average Bonchev–Trinajstić information content (AvgIpc) is 2.10. The van der Waals surface area contributed by atoms with Crippen LogP contribution in [-0.2, 0) is 0 Å². The molecule has 3 nitrogen and oxygen atoms in total. The Kier molecular flexibility index (Phi) is 4.06. The molecule has 0 unspecified atom stereocenters. The largest absolute Gasteiger partial charge is 0.396 e. The van der Waals surface area contributed by atoms with E-state index >= 15 is 0 Å². The van der Waals surface area contributed by atoms with Gasteiger partial charge in [0.05, 0.1) is 12.0 Å². The first-order valence-corrected chi connectivity index (χ1v) is 5.52. The van der Waals surface area contributed by atoms with E-state index in [1.807, 2.05) is 0 Å². The summed E-state index contributed by atoms with van der Waals surface area (Å²) in [6.45, 7) is 5.58. The van der Waals surface area contributed by atoms with Crippen LogP contribution in [0.3, 0.4) is 0 Å². The van der Waals surface area contributed by atoms with Crippen molar-refractivity contribution in [2.75, 3.05) is 13.1 Å². The summed E-state index contributed by atoms with van der Waals surface area (Å²) in [5.41, 5.74) is 4.68. The van der Waals surface area contributed by atoms with Crippen LogP contribution in [0.5, 0.6) is 0 Å². The molecule has 1 aliphatic rings. The molecule has 0 radical (unpaired) electrons. The molecule has 0 heterocycles. The zero-order chi connectivity index (χ0) is 13.1. The molecule has 0 saturated heterocycles. The van der Waals surface area contributed by atoms with Gasteiger partial charge in [-0.05, 0) is 19.8 Å². The monoisotopic (exact) mass is 249 g/mol. The maximum atomic E-state index is 12.8. The molecule has 0 atom stereocenters. The standard InChI is InChI=1S/C11H18F3N3/c1-8(2)6-16-9(15)17-7-10(4-3-5-10)11(12,13)14/h1,3-7H2,2H3,(H3,15,16,17). The number of hydrogen-bond donors (Lipinski definition) is 2. The first-order chi connectivity index (χ1) is 7.77. The second kappa shape index (κ2) is 4.98. The highest BCUT2D eigenvalue weighted by Gasteiger charge is 2.57. The molecule has 0 aromatic carbocycles. The van der Waals surface area contributed by atoms with Gasteiger partial charge in [0.2, 0.25) is 0 Å². The minimum Gasteiger partial charge on any atom is -0.370 e. The Bertz CT molecular complexity index is 316. The van der Waals surface area contributed by atoms with Gasteiger partial charge in [0.15, 0.2) is 5.96 Å². The number of rotatable bonds is 4. The summed E-state index contributed by atoms with van der Waals surface area (Å²) in [7, 11) is 0. The molecule has 6 heteroatoms. The zero-order valence-electron chi connectivity index (χ0n) is 9.90. The summed E-state index contributed by atoms with van der Waals surface area (Å²) in [6.07, 6.45) is -3.29. The molecule has 0 aromatic rings. The highest BCUT2D eigenvalue weighted by molar-refractivity contribution is 5.78. The Labute approximate surface area is 99.0 Å². The number of hydrogen-bond acceptors (Lipinski definition) is 1. The van der Waals surface area contributed by atoms with Gasteiger partial charge in [-0.15, -0.1) is 0 Å². The van der Waals surface area contributed by atoms with E-state index < -0.39 is 11.6 Å². The zero-order valence-corrected chi connectivity index (χ0v) is 9.90. The first kappa shape index (κ1) is 13.9. The third-order valence-electron chi connectivity index (χ3n) is 3.04. The van der Waals surface area contributed by atoms with Crippen LogP contribution in [0.4, 0.5) is 13.2 Å². The molecular weight excluding hydrogens is 231 g/mol. The highest BCUT2D eigenvalue weighted by atomic mass is 19.4. The summed E-state index contributed by atoms with van der Waals surface area (Å²) in [5.74, 6) is 0.0449. The van der Waals surface area contributed by atoms with Crippen LogP contribution in [0.1, 0.15) is 26.2 Å². The minimum absolute atomic E-state index is 0.0449. The number of guanidine groups is 1. The third kappa shape index (κ3) is 3.38. The van der Waals surface area contributed by atoms with E-state index in [0.717, 1.165) is 5.57 Å². The second-order valence-electron chi connectivity index (χ2n) is 4.64. The lowest BCUT2D eigenvalue weighted by Gasteiger charge is -2.41. The minimum atomic E-state index is -4.19. The van der Waals surface area contributed by atoms with Gasteiger partial charge in [0, 0.05) is 6.54 Å². The summed E-state index contributed by atoms with van der Waals surface area (Å²) in [6, 6.07) is 0. The lowest BCUT2D eigenvalue weighted by atomic mass is 9.68. The van der Waals surface area contributed by atoms with E-state index in [2.05, 4.69) is 16.9 Å². The van der Waals surface area contributed by atoms with E-state index in [-0.39, 0.29) is 25.3 Å². The van der Waals surface area contributed by atoms with Gasteiger partial charge >= 0.3 is 6.18 Å². The topological polar surface area (TPSA) is 50.4 Å². The van der Waals surface area contributed by atoms with Gasteiger partial charge in [0.25, 0.3) is 0 Å². The predicted molar refractivity (Wildman–Crippen MR) is 61.6 cm³/mol. The molecule has 3 N–H and O–H groups in total.